The minimum Gasteiger partial charge on any atom is -0.493 e. The standard InChI is InChI=1S/C28H27ClN2O6/c1-4-6-19-7-13-23(25(15-19)34-3)36-18-27(32)31-30-17-20-8-14-24(26(16-20)35-5-2)37-28(33)21-9-11-22(29)12-10-21/h4,7-17H,1,5-6,18H2,2-3H3,(H,31,32). The third-order valence-corrected chi connectivity index (χ3v) is 5.17. The van der Waals surface area contributed by atoms with Crippen molar-refractivity contribution in [1.29, 1.82) is 0 Å². The van der Waals surface area contributed by atoms with Crippen LogP contribution in [0.4, 0.5) is 0 Å². The molecule has 3 aromatic carbocycles. The quantitative estimate of drug-likeness (QED) is 0.115. The molecule has 0 saturated heterocycles. The maximum absolute atomic E-state index is 12.4. The van der Waals surface area contributed by atoms with Gasteiger partial charge in [-0.05, 0) is 79.1 Å². The summed E-state index contributed by atoms with van der Waals surface area (Å²) in [5.41, 5.74) is 4.40. The molecule has 3 aromatic rings. The highest BCUT2D eigenvalue weighted by Gasteiger charge is 2.13. The molecule has 3 rings (SSSR count). The largest absolute Gasteiger partial charge is 0.493 e. The summed E-state index contributed by atoms with van der Waals surface area (Å²) in [6.07, 6.45) is 3.93. The van der Waals surface area contributed by atoms with Crippen LogP contribution in [-0.4, -0.2) is 38.4 Å². The summed E-state index contributed by atoms with van der Waals surface area (Å²) in [6, 6.07) is 16.7. The molecule has 0 aliphatic carbocycles. The van der Waals surface area contributed by atoms with Crippen molar-refractivity contribution < 1.29 is 28.5 Å². The Kier molecular flexibility index (Phi) is 10.1. The summed E-state index contributed by atoms with van der Waals surface area (Å²) in [6.45, 7) is 5.64. The van der Waals surface area contributed by atoms with E-state index in [-0.39, 0.29) is 12.4 Å². The van der Waals surface area contributed by atoms with Gasteiger partial charge in [-0.3, -0.25) is 4.79 Å². The number of esters is 1. The highest BCUT2D eigenvalue weighted by atomic mass is 35.5. The molecule has 8 nitrogen and oxygen atoms in total. The van der Waals surface area contributed by atoms with Crippen LogP contribution in [0.1, 0.15) is 28.4 Å². The van der Waals surface area contributed by atoms with Gasteiger partial charge in [-0.15, -0.1) is 6.58 Å². The lowest BCUT2D eigenvalue weighted by atomic mass is 10.1. The zero-order valence-corrected chi connectivity index (χ0v) is 21.3. The maximum Gasteiger partial charge on any atom is 0.343 e. The lowest BCUT2D eigenvalue weighted by molar-refractivity contribution is -0.123. The van der Waals surface area contributed by atoms with Gasteiger partial charge in [0.1, 0.15) is 0 Å². The Hall–Kier alpha value is -4.30. The normalized spacial score (nSPS) is 10.6. The molecule has 0 aliphatic rings. The van der Waals surface area contributed by atoms with Gasteiger partial charge < -0.3 is 18.9 Å². The zero-order chi connectivity index (χ0) is 26.6. The van der Waals surface area contributed by atoms with Crippen molar-refractivity contribution >= 4 is 29.7 Å². The van der Waals surface area contributed by atoms with Gasteiger partial charge in [0.2, 0.25) is 0 Å². The van der Waals surface area contributed by atoms with Crippen LogP contribution in [0.5, 0.6) is 23.0 Å². The number of hydrogen-bond donors (Lipinski definition) is 1. The molecule has 0 radical (unpaired) electrons. The molecule has 0 heterocycles. The highest BCUT2D eigenvalue weighted by molar-refractivity contribution is 6.30. The number of ether oxygens (including phenoxy) is 4. The minimum atomic E-state index is -0.543. The zero-order valence-electron chi connectivity index (χ0n) is 20.5. The number of methoxy groups -OCH3 is 1. The molecule has 0 atom stereocenters. The van der Waals surface area contributed by atoms with E-state index in [0.29, 0.717) is 46.4 Å². The molecular weight excluding hydrogens is 496 g/mol. The Morgan fingerprint density at radius 2 is 1.73 bits per heavy atom. The van der Waals surface area contributed by atoms with E-state index in [9.17, 15) is 9.59 Å². The number of halogens is 1. The molecule has 0 aromatic heterocycles. The molecule has 0 spiro atoms. The molecule has 0 bridgehead atoms. The molecule has 9 heteroatoms. The topological polar surface area (TPSA) is 95.5 Å². The Morgan fingerprint density at radius 1 is 0.973 bits per heavy atom. The molecule has 1 amide bonds. The average molecular weight is 523 g/mol. The van der Waals surface area contributed by atoms with Crippen molar-refractivity contribution in [3.05, 3.63) is 95.0 Å². The van der Waals surface area contributed by atoms with Crippen molar-refractivity contribution in [3.8, 4) is 23.0 Å². The predicted octanol–water partition coefficient (Wildman–Crippen LogP) is 5.22. The second-order valence-electron chi connectivity index (χ2n) is 7.60. The Balaban J connectivity index is 1.59. The van der Waals surface area contributed by atoms with E-state index in [1.54, 1.807) is 54.6 Å². The first-order valence-electron chi connectivity index (χ1n) is 11.4. The van der Waals surface area contributed by atoms with Crippen LogP contribution < -0.4 is 24.4 Å². The molecule has 0 saturated carbocycles. The van der Waals surface area contributed by atoms with Gasteiger partial charge in [0.15, 0.2) is 29.6 Å². The molecule has 37 heavy (non-hydrogen) atoms. The molecule has 192 valence electrons. The Morgan fingerprint density at radius 3 is 2.43 bits per heavy atom. The van der Waals surface area contributed by atoms with Gasteiger partial charge in [0.25, 0.3) is 5.91 Å². The number of carbonyl (C=O) groups is 2. The van der Waals surface area contributed by atoms with Crippen molar-refractivity contribution in [2.24, 2.45) is 5.10 Å². The number of nitrogens with zero attached hydrogens (tertiary/aromatic N) is 1. The highest BCUT2D eigenvalue weighted by Crippen LogP contribution is 2.30. The first-order valence-corrected chi connectivity index (χ1v) is 11.8. The van der Waals surface area contributed by atoms with Crippen LogP contribution in [0.25, 0.3) is 0 Å². The fourth-order valence-electron chi connectivity index (χ4n) is 3.18. The van der Waals surface area contributed by atoms with E-state index >= 15 is 0 Å². The van der Waals surface area contributed by atoms with Crippen molar-refractivity contribution in [2.45, 2.75) is 13.3 Å². The number of nitrogens with one attached hydrogen (secondary N) is 1. The van der Waals surface area contributed by atoms with E-state index in [0.717, 1.165) is 5.56 Å². The van der Waals surface area contributed by atoms with E-state index in [1.807, 2.05) is 19.1 Å². The van der Waals surface area contributed by atoms with E-state index < -0.39 is 11.9 Å². The predicted molar refractivity (Wildman–Crippen MR) is 142 cm³/mol. The molecule has 0 unspecified atom stereocenters. The first-order chi connectivity index (χ1) is 17.9. The summed E-state index contributed by atoms with van der Waals surface area (Å²) in [5, 5.41) is 4.48. The molecule has 1 N–H and O–H groups in total. The van der Waals surface area contributed by atoms with Gasteiger partial charge >= 0.3 is 5.97 Å². The number of carbonyl (C=O) groups excluding carboxylic acids is 2. The lowest BCUT2D eigenvalue weighted by Crippen LogP contribution is -2.24. The van der Waals surface area contributed by atoms with Gasteiger partial charge in [-0.2, -0.15) is 5.10 Å². The lowest BCUT2D eigenvalue weighted by Gasteiger charge is -2.12. The second-order valence-corrected chi connectivity index (χ2v) is 8.03. The van der Waals surface area contributed by atoms with E-state index in [4.69, 9.17) is 30.5 Å². The van der Waals surface area contributed by atoms with Crippen LogP contribution in [0, 0.1) is 0 Å². The summed E-state index contributed by atoms with van der Waals surface area (Å²) in [7, 11) is 1.53. The SMILES string of the molecule is C=CCc1ccc(OCC(=O)NN=Cc2ccc(OC(=O)c3ccc(Cl)cc3)c(OCC)c2)c(OC)c1. The summed E-state index contributed by atoms with van der Waals surface area (Å²) >= 11 is 5.87. The number of benzene rings is 3. The summed E-state index contributed by atoms with van der Waals surface area (Å²) in [5.74, 6) is 0.584. The van der Waals surface area contributed by atoms with Crippen molar-refractivity contribution in [3.63, 3.8) is 0 Å². The third-order valence-electron chi connectivity index (χ3n) is 4.92. The number of allylic oxidation sites excluding steroid dienone is 1. The number of hydrogen-bond acceptors (Lipinski definition) is 7. The number of rotatable bonds is 12. The second kappa shape index (κ2) is 13.7. The smallest absolute Gasteiger partial charge is 0.343 e. The van der Waals surface area contributed by atoms with Crippen molar-refractivity contribution in [1.82, 2.24) is 5.43 Å². The number of amides is 1. The van der Waals surface area contributed by atoms with E-state index in [2.05, 4.69) is 17.1 Å². The molecule has 0 fully saturated rings. The molecule has 0 aliphatic heterocycles. The minimum absolute atomic E-state index is 0.252. The van der Waals surface area contributed by atoms with E-state index in [1.165, 1.54) is 13.3 Å². The Labute approximate surface area is 220 Å². The van der Waals surface area contributed by atoms with Gasteiger partial charge in [-0.1, -0.05) is 23.7 Å². The summed E-state index contributed by atoms with van der Waals surface area (Å²) < 4.78 is 22.0. The van der Waals surface area contributed by atoms with Gasteiger partial charge in [0, 0.05) is 5.02 Å². The van der Waals surface area contributed by atoms with Crippen LogP contribution >= 0.6 is 11.6 Å². The third kappa shape index (κ3) is 8.12. The maximum atomic E-state index is 12.4. The fourth-order valence-corrected chi connectivity index (χ4v) is 3.31. The first kappa shape index (κ1) is 27.3. The fraction of sp³-hybridized carbons (Fsp3) is 0.179. The monoisotopic (exact) mass is 522 g/mol. The summed E-state index contributed by atoms with van der Waals surface area (Å²) in [4.78, 5) is 24.6. The average Bonchev–Trinajstić information content (AvgIpc) is 2.90. The number of hydrazone groups is 1. The molecular formula is C28H27ClN2O6. The van der Waals surface area contributed by atoms with Crippen LogP contribution in [-0.2, 0) is 11.2 Å². The van der Waals surface area contributed by atoms with Gasteiger partial charge in [-0.25, -0.2) is 10.2 Å². The van der Waals surface area contributed by atoms with Gasteiger partial charge in [0.05, 0.1) is 25.5 Å². The van der Waals surface area contributed by atoms with Crippen LogP contribution in [0.2, 0.25) is 5.02 Å². The van der Waals surface area contributed by atoms with Crippen molar-refractivity contribution in [2.75, 3.05) is 20.3 Å². The van der Waals surface area contributed by atoms with Crippen LogP contribution in [0.15, 0.2) is 78.4 Å². The Bertz CT molecular complexity index is 1270. The van der Waals surface area contributed by atoms with Crippen LogP contribution in [0.3, 0.4) is 0 Å².